The maximum Gasteiger partial charge on any atom is 0.408 e. The number of nitrogens with zero attached hydrogens (tertiary/aromatic N) is 2. The molecule has 0 spiro atoms. The minimum absolute atomic E-state index is 0.0149. The summed E-state index contributed by atoms with van der Waals surface area (Å²) in [6, 6.07) is -0.917. The monoisotopic (exact) mass is 415 g/mol. The molecule has 1 aliphatic carbocycles. The molecule has 3 amide bonds. The molecular formula is C20H31F2N3O4. The van der Waals surface area contributed by atoms with Crippen LogP contribution in [0.4, 0.5) is 13.6 Å². The van der Waals surface area contributed by atoms with Gasteiger partial charge in [0.15, 0.2) is 0 Å². The van der Waals surface area contributed by atoms with Crippen molar-refractivity contribution in [1.29, 1.82) is 0 Å². The molecule has 1 saturated carbocycles. The van der Waals surface area contributed by atoms with Crippen LogP contribution in [0.3, 0.4) is 0 Å². The molecule has 7 nitrogen and oxygen atoms in total. The van der Waals surface area contributed by atoms with Gasteiger partial charge in [-0.1, -0.05) is 0 Å². The van der Waals surface area contributed by atoms with Gasteiger partial charge in [0.05, 0.1) is 6.54 Å². The number of ether oxygens (including phenoxy) is 1. The van der Waals surface area contributed by atoms with Crippen molar-refractivity contribution < 1.29 is 27.9 Å². The number of alkyl halides is 2. The van der Waals surface area contributed by atoms with Gasteiger partial charge < -0.3 is 19.9 Å². The van der Waals surface area contributed by atoms with Gasteiger partial charge >= 0.3 is 6.09 Å². The largest absolute Gasteiger partial charge is 0.444 e. The molecule has 0 aromatic rings. The van der Waals surface area contributed by atoms with E-state index in [0.717, 1.165) is 12.8 Å². The van der Waals surface area contributed by atoms with Crippen molar-refractivity contribution in [1.82, 2.24) is 15.1 Å². The number of rotatable bonds is 2. The van der Waals surface area contributed by atoms with Crippen LogP contribution in [0, 0.1) is 5.92 Å². The lowest BCUT2D eigenvalue weighted by molar-refractivity contribution is -0.161. The molecule has 164 valence electrons. The standard InChI is InChI=1S/C20H31F2N3O4/c1-12-5-6-14-7-8-24(16(26)13-9-20(21,22)10-13)11-15(17(27)25(12)14)23-18(28)29-19(2,3)4/h12-15H,5-11H2,1-4H3,(H,23,28). The van der Waals surface area contributed by atoms with Crippen LogP contribution >= 0.6 is 0 Å². The van der Waals surface area contributed by atoms with E-state index in [-0.39, 0.29) is 30.4 Å². The third-order valence-corrected chi connectivity index (χ3v) is 5.92. The zero-order chi connectivity index (χ0) is 21.6. The molecule has 2 saturated heterocycles. The number of nitrogens with one attached hydrogen (secondary N) is 1. The molecular weight excluding hydrogens is 384 g/mol. The molecule has 3 aliphatic rings. The number of alkyl carbamates (subject to hydrolysis) is 1. The summed E-state index contributed by atoms with van der Waals surface area (Å²) in [4.78, 5) is 41.6. The molecule has 3 unspecified atom stereocenters. The van der Waals surface area contributed by atoms with E-state index >= 15 is 0 Å². The van der Waals surface area contributed by atoms with Crippen LogP contribution in [0.5, 0.6) is 0 Å². The van der Waals surface area contributed by atoms with E-state index < -0.39 is 42.4 Å². The second kappa shape index (κ2) is 7.72. The second-order valence-electron chi connectivity index (χ2n) is 9.56. The van der Waals surface area contributed by atoms with Crippen LogP contribution in [0.15, 0.2) is 0 Å². The lowest BCUT2D eigenvalue weighted by atomic mass is 9.80. The average Bonchev–Trinajstić information content (AvgIpc) is 2.91. The number of fused-ring (bicyclic) bond motifs is 1. The van der Waals surface area contributed by atoms with E-state index in [1.807, 2.05) is 6.92 Å². The molecule has 2 heterocycles. The minimum atomic E-state index is -2.79. The van der Waals surface area contributed by atoms with Gasteiger partial charge in [-0.2, -0.15) is 0 Å². The SMILES string of the molecule is CC1CCC2CCN(C(=O)C3CC(F)(F)C3)CC(NC(=O)OC(C)(C)C)C(=O)N12. The van der Waals surface area contributed by atoms with Crippen molar-refractivity contribution >= 4 is 17.9 Å². The van der Waals surface area contributed by atoms with Crippen LogP contribution < -0.4 is 5.32 Å². The Bertz CT molecular complexity index is 671. The molecule has 0 bridgehead atoms. The molecule has 29 heavy (non-hydrogen) atoms. The van der Waals surface area contributed by atoms with Gasteiger partial charge in [0, 0.05) is 37.4 Å². The molecule has 1 N–H and O–H groups in total. The Morgan fingerprint density at radius 1 is 1.17 bits per heavy atom. The second-order valence-corrected chi connectivity index (χ2v) is 9.56. The number of amides is 3. The lowest BCUT2D eigenvalue weighted by Gasteiger charge is -2.41. The third-order valence-electron chi connectivity index (χ3n) is 5.92. The van der Waals surface area contributed by atoms with Crippen molar-refractivity contribution in [2.45, 2.75) is 89.4 Å². The number of carbonyl (C=O) groups excluding carboxylic acids is 3. The number of hydrogen-bond donors (Lipinski definition) is 1. The zero-order valence-electron chi connectivity index (χ0n) is 17.5. The Labute approximate surface area is 170 Å². The highest BCUT2D eigenvalue weighted by Crippen LogP contribution is 2.43. The maximum absolute atomic E-state index is 13.2. The Morgan fingerprint density at radius 3 is 2.41 bits per heavy atom. The highest BCUT2D eigenvalue weighted by atomic mass is 19.3. The molecule has 0 aromatic carbocycles. The summed E-state index contributed by atoms with van der Waals surface area (Å²) in [7, 11) is 0. The van der Waals surface area contributed by atoms with Crippen molar-refractivity contribution in [2.75, 3.05) is 13.1 Å². The predicted molar refractivity (Wildman–Crippen MR) is 101 cm³/mol. The first-order valence-corrected chi connectivity index (χ1v) is 10.3. The molecule has 9 heteroatoms. The fraction of sp³-hybridized carbons (Fsp3) is 0.850. The molecule has 0 aromatic heterocycles. The van der Waals surface area contributed by atoms with Gasteiger partial charge in [0.2, 0.25) is 17.7 Å². The van der Waals surface area contributed by atoms with E-state index in [4.69, 9.17) is 4.74 Å². The predicted octanol–water partition coefficient (Wildman–Crippen LogP) is 2.54. The maximum atomic E-state index is 13.2. The Morgan fingerprint density at radius 2 is 1.83 bits per heavy atom. The van der Waals surface area contributed by atoms with Crippen LogP contribution in [0.2, 0.25) is 0 Å². The van der Waals surface area contributed by atoms with E-state index in [1.165, 1.54) is 4.90 Å². The summed E-state index contributed by atoms with van der Waals surface area (Å²) in [5, 5.41) is 2.61. The van der Waals surface area contributed by atoms with Crippen LogP contribution in [-0.4, -0.2) is 70.4 Å². The van der Waals surface area contributed by atoms with Crippen LogP contribution in [0.25, 0.3) is 0 Å². The van der Waals surface area contributed by atoms with Gasteiger partial charge in [-0.25, -0.2) is 13.6 Å². The smallest absolute Gasteiger partial charge is 0.408 e. The fourth-order valence-electron chi connectivity index (χ4n) is 4.48. The summed E-state index contributed by atoms with van der Waals surface area (Å²) in [6.07, 6.45) is 0.667. The van der Waals surface area contributed by atoms with E-state index in [2.05, 4.69) is 5.32 Å². The van der Waals surface area contributed by atoms with E-state index in [1.54, 1.807) is 25.7 Å². The Balaban J connectivity index is 1.76. The molecule has 0 radical (unpaired) electrons. The highest BCUT2D eigenvalue weighted by Gasteiger charge is 2.51. The first kappa shape index (κ1) is 21.8. The van der Waals surface area contributed by atoms with E-state index in [9.17, 15) is 23.2 Å². The first-order chi connectivity index (χ1) is 13.4. The third kappa shape index (κ3) is 4.98. The van der Waals surface area contributed by atoms with Crippen molar-refractivity contribution in [3.8, 4) is 0 Å². The van der Waals surface area contributed by atoms with E-state index in [0.29, 0.717) is 13.0 Å². The zero-order valence-corrected chi connectivity index (χ0v) is 17.5. The highest BCUT2D eigenvalue weighted by molar-refractivity contribution is 5.88. The van der Waals surface area contributed by atoms with Crippen molar-refractivity contribution in [2.24, 2.45) is 5.92 Å². The summed E-state index contributed by atoms with van der Waals surface area (Å²) in [6.45, 7) is 7.49. The lowest BCUT2D eigenvalue weighted by Crippen LogP contribution is -2.60. The Kier molecular flexibility index (Phi) is 5.80. The Hall–Kier alpha value is -1.93. The number of halogens is 2. The first-order valence-electron chi connectivity index (χ1n) is 10.3. The fourth-order valence-corrected chi connectivity index (χ4v) is 4.48. The van der Waals surface area contributed by atoms with Crippen molar-refractivity contribution in [3.05, 3.63) is 0 Å². The summed E-state index contributed by atoms with van der Waals surface area (Å²) < 4.78 is 31.8. The quantitative estimate of drug-likeness (QED) is 0.752. The topological polar surface area (TPSA) is 79.0 Å². The van der Waals surface area contributed by atoms with Gasteiger partial charge in [-0.3, -0.25) is 9.59 Å². The van der Waals surface area contributed by atoms with Crippen LogP contribution in [0.1, 0.15) is 59.8 Å². The number of hydrogen-bond acceptors (Lipinski definition) is 4. The molecule has 3 fully saturated rings. The number of carbonyl (C=O) groups is 3. The van der Waals surface area contributed by atoms with Gasteiger partial charge in [0.25, 0.3) is 0 Å². The summed E-state index contributed by atoms with van der Waals surface area (Å²) >= 11 is 0. The molecule has 3 atom stereocenters. The molecule has 3 rings (SSSR count). The summed E-state index contributed by atoms with van der Waals surface area (Å²) in [5.74, 6) is -4.12. The van der Waals surface area contributed by atoms with Gasteiger partial charge in [0.1, 0.15) is 11.6 Å². The molecule has 2 aliphatic heterocycles. The van der Waals surface area contributed by atoms with Crippen LogP contribution in [-0.2, 0) is 14.3 Å². The van der Waals surface area contributed by atoms with Gasteiger partial charge in [-0.05, 0) is 47.0 Å². The normalized spacial score (nSPS) is 30.1. The minimum Gasteiger partial charge on any atom is -0.444 e. The average molecular weight is 415 g/mol. The van der Waals surface area contributed by atoms with Crippen molar-refractivity contribution in [3.63, 3.8) is 0 Å². The van der Waals surface area contributed by atoms with Gasteiger partial charge in [-0.15, -0.1) is 0 Å². The summed E-state index contributed by atoms with van der Waals surface area (Å²) in [5.41, 5.74) is -0.731.